The number of nitrogens with zero attached hydrogens (tertiary/aromatic N) is 3. The average molecular weight is 537 g/mol. The molecule has 2 aliphatic rings. The summed E-state index contributed by atoms with van der Waals surface area (Å²) in [5.41, 5.74) is 3.07. The van der Waals surface area contributed by atoms with Crippen molar-refractivity contribution in [2.45, 2.75) is 31.7 Å². The molecule has 4 amide bonds. The molecule has 2 saturated heterocycles. The minimum absolute atomic E-state index is 0.272. The molecule has 202 valence electrons. The quantitative estimate of drug-likeness (QED) is 0.310. The van der Waals surface area contributed by atoms with Crippen LogP contribution in [-0.4, -0.2) is 57.4 Å². The number of urea groups is 1. The number of likely N-dealkylation sites (tertiary alicyclic amines) is 1. The average Bonchev–Trinajstić information content (AvgIpc) is 3.44. The summed E-state index contributed by atoms with van der Waals surface area (Å²) in [4.78, 5) is 48.8. The molecule has 10 heteroatoms. The second-order valence-corrected chi connectivity index (χ2v) is 10.2. The van der Waals surface area contributed by atoms with Crippen molar-refractivity contribution in [3.05, 3.63) is 102 Å². The maximum atomic E-state index is 13.2. The van der Waals surface area contributed by atoms with E-state index in [2.05, 4.69) is 25.9 Å². The highest BCUT2D eigenvalue weighted by Gasteiger charge is 2.57. The standard InChI is InChI=1S/C30H28N6O4/c1-19-14-22(24-4-2-3-5-25(24)32-19)17-40-23-8-6-21(7-9-23)27(37)33-26-16-36(15-20-10-12-31-13-11-20)18-30(26)28(38)34-29(39)35-30/h2-14,26H,15-18H2,1H3,(H,33,37)(H2,34,35,38,39)/t26-,30-/m0/s1. The molecule has 2 aliphatic heterocycles. The van der Waals surface area contributed by atoms with Crippen molar-refractivity contribution in [1.82, 2.24) is 30.8 Å². The molecule has 2 aromatic heterocycles. The first-order valence-corrected chi connectivity index (χ1v) is 13.0. The first-order valence-electron chi connectivity index (χ1n) is 13.0. The number of carbonyl (C=O) groups is 3. The normalized spacial score (nSPS) is 20.5. The van der Waals surface area contributed by atoms with Gasteiger partial charge in [-0.25, -0.2) is 4.79 Å². The molecule has 3 N–H and O–H groups in total. The Morgan fingerprint density at radius 1 is 1.10 bits per heavy atom. The second kappa shape index (κ2) is 10.4. The van der Waals surface area contributed by atoms with Gasteiger partial charge in [0.05, 0.1) is 11.6 Å². The molecule has 2 atom stereocenters. The fourth-order valence-electron chi connectivity index (χ4n) is 5.46. The number of amides is 4. The minimum atomic E-state index is -1.24. The topological polar surface area (TPSA) is 126 Å². The van der Waals surface area contributed by atoms with E-state index in [0.29, 0.717) is 31.0 Å². The summed E-state index contributed by atoms with van der Waals surface area (Å²) in [5, 5.41) is 9.12. The van der Waals surface area contributed by atoms with Crippen LogP contribution < -0.4 is 20.7 Å². The Bertz CT molecular complexity index is 1590. The summed E-state index contributed by atoms with van der Waals surface area (Å²) in [6, 6.07) is 19.4. The van der Waals surface area contributed by atoms with Crippen molar-refractivity contribution < 1.29 is 19.1 Å². The fraction of sp³-hybridized carbons (Fsp3) is 0.233. The van der Waals surface area contributed by atoms with Crippen molar-refractivity contribution in [2.24, 2.45) is 0 Å². The van der Waals surface area contributed by atoms with Crippen LogP contribution in [-0.2, 0) is 17.9 Å². The molecular formula is C30H28N6O4. The molecule has 2 aromatic carbocycles. The monoisotopic (exact) mass is 536 g/mol. The Balaban J connectivity index is 1.14. The van der Waals surface area contributed by atoms with Crippen LogP contribution >= 0.6 is 0 Å². The van der Waals surface area contributed by atoms with Crippen LogP contribution in [0, 0.1) is 6.92 Å². The third-order valence-electron chi connectivity index (χ3n) is 7.38. The highest BCUT2D eigenvalue weighted by atomic mass is 16.5. The number of ether oxygens (including phenoxy) is 1. The van der Waals surface area contributed by atoms with Gasteiger partial charge in [-0.15, -0.1) is 0 Å². The van der Waals surface area contributed by atoms with Crippen LogP contribution in [0.25, 0.3) is 10.9 Å². The third-order valence-corrected chi connectivity index (χ3v) is 7.38. The highest BCUT2D eigenvalue weighted by molar-refractivity contribution is 6.08. The van der Waals surface area contributed by atoms with Crippen LogP contribution in [0.15, 0.2) is 79.1 Å². The zero-order valence-electron chi connectivity index (χ0n) is 21.9. The first kappa shape index (κ1) is 25.4. The number of hydrogen-bond donors (Lipinski definition) is 3. The maximum Gasteiger partial charge on any atom is 0.322 e. The van der Waals surface area contributed by atoms with Crippen LogP contribution in [0.1, 0.15) is 27.2 Å². The maximum absolute atomic E-state index is 13.2. The smallest absolute Gasteiger partial charge is 0.322 e. The van der Waals surface area contributed by atoms with E-state index in [9.17, 15) is 14.4 Å². The number of benzene rings is 2. The Morgan fingerprint density at radius 3 is 2.62 bits per heavy atom. The molecule has 0 aliphatic carbocycles. The van der Waals surface area contributed by atoms with Crippen molar-refractivity contribution in [3.63, 3.8) is 0 Å². The van der Waals surface area contributed by atoms with Gasteiger partial charge >= 0.3 is 6.03 Å². The van der Waals surface area contributed by atoms with Gasteiger partial charge in [0.25, 0.3) is 11.8 Å². The molecule has 2 fully saturated rings. The predicted octanol–water partition coefficient (Wildman–Crippen LogP) is 2.71. The van der Waals surface area contributed by atoms with E-state index in [1.54, 1.807) is 36.7 Å². The van der Waals surface area contributed by atoms with Gasteiger partial charge in [0.2, 0.25) is 0 Å². The predicted molar refractivity (Wildman–Crippen MR) is 147 cm³/mol. The molecule has 4 heterocycles. The number of rotatable bonds is 7. The molecule has 0 radical (unpaired) electrons. The Labute approximate surface area is 230 Å². The lowest BCUT2D eigenvalue weighted by atomic mass is 9.93. The van der Waals surface area contributed by atoms with Crippen LogP contribution in [0.2, 0.25) is 0 Å². The lowest BCUT2D eigenvalue weighted by Crippen LogP contribution is -2.62. The van der Waals surface area contributed by atoms with Gasteiger partial charge in [0.15, 0.2) is 5.54 Å². The van der Waals surface area contributed by atoms with Gasteiger partial charge in [-0.1, -0.05) is 18.2 Å². The zero-order valence-corrected chi connectivity index (χ0v) is 21.9. The van der Waals surface area contributed by atoms with Crippen molar-refractivity contribution in [1.29, 1.82) is 0 Å². The summed E-state index contributed by atoms with van der Waals surface area (Å²) >= 11 is 0. The lowest BCUT2D eigenvalue weighted by molar-refractivity contribution is -0.124. The van der Waals surface area contributed by atoms with Crippen LogP contribution in [0.4, 0.5) is 4.79 Å². The molecule has 0 bridgehead atoms. The van der Waals surface area contributed by atoms with E-state index < -0.39 is 23.5 Å². The minimum Gasteiger partial charge on any atom is -0.489 e. The van der Waals surface area contributed by atoms with E-state index in [4.69, 9.17) is 4.74 Å². The van der Waals surface area contributed by atoms with E-state index in [-0.39, 0.29) is 12.5 Å². The number of nitrogens with one attached hydrogen (secondary N) is 3. The number of aryl methyl sites for hydroxylation is 1. The van der Waals surface area contributed by atoms with E-state index in [0.717, 1.165) is 27.7 Å². The van der Waals surface area contributed by atoms with Crippen molar-refractivity contribution >= 4 is 28.7 Å². The van der Waals surface area contributed by atoms with Gasteiger partial charge in [0.1, 0.15) is 12.4 Å². The molecule has 10 nitrogen and oxygen atoms in total. The number of aromatic nitrogens is 2. The van der Waals surface area contributed by atoms with Gasteiger partial charge in [-0.3, -0.25) is 29.8 Å². The zero-order chi connectivity index (χ0) is 27.7. The highest BCUT2D eigenvalue weighted by Crippen LogP contribution is 2.27. The second-order valence-electron chi connectivity index (χ2n) is 10.2. The van der Waals surface area contributed by atoms with Crippen LogP contribution in [0.5, 0.6) is 5.75 Å². The van der Waals surface area contributed by atoms with Crippen molar-refractivity contribution in [2.75, 3.05) is 13.1 Å². The molecule has 6 rings (SSSR count). The van der Waals surface area contributed by atoms with Crippen LogP contribution in [0.3, 0.4) is 0 Å². The Kier molecular flexibility index (Phi) is 6.61. The molecular weight excluding hydrogens is 508 g/mol. The Hall–Kier alpha value is -4.83. The third kappa shape index (κ3) is 4.96. The largest absolute Gasteiger partial charge is 0.489 e. The van der Waals surface area contributed by atoms with E-state index in [1.165, 1.54) is 0 Å². The summed E-state index contributed by atoms with van der Waals surface area (Å²) in [6.07, 6.45) is 3.41. The van der Waals surface area contributed by atoms with E-state index >= 15 is 0 Å². The number of para-hydroxylation sites is 1. The summed E-state index contributed by atoms with van der Waals surface area (Å²) < 4.78 is 6.02. The Morgan fingerprint density at radius 2 is 1.88 bits per heavy atom. The molecule has 4 aromatic rings. The number of fused-ring (bicyclic) bond motifs is 1. The van der Waals surface area contributed by atoms with Gasteiger partial charge in [-0.2, -0.15) is 0 Å². The molecule has 1 spiro atoms. The first-order chi connectivity index (χ1) is 19.4. The number of pyridine rings is 2. The fourth-order valence-corrected chi connectivity index (χ4v) is 5.46. The lowest BCUT2D eigenvalue weighted by Gasteiger charge is -2.27. The molecule has 40 heavy (non-hydrogen) atoms. The van der Waals surface area contributed by atoms with Gasteiger partial charge in [-0.05, 0) is 61.0 Å². The summed E-state index contributed by atoms with van der Waals surface area (Å²) in [6.45, 7) is 3.53. The summed E-state index contributed by atoms with van der Waals surface area (Å²) in [5.74, 6) is -0.160. The van der Waals surface area contributed by atoms with Gasteiger partial charge < -0.3 is 15.4 Å². The molecule has 0 saturated carbocycles. The van der Waals surface area contributed by atoms with Gasteiger partial charge in [0, 0.05) is 54.2 Å². The SMILES string of the molecule is Cc1cc(COc2ccc(C(=O)N[C@H]3CN(Cc4ccncc4)C[C@]34NC(=O)NC4=O)cc2)c2ccccc2n1. The van der Waals surface area contributed by atoms with Crippen molar-refractivity contribution in [3.8, 4) is 5.75 Å². The number of hydrogen-bond acceptors (Lipinski definition) is 7. The number of imide groups is 1. The summed E-state index contributed by atoms with van der Waals surface area (Å²) in [7, 11) is 0. The number of carbonyl (C=O) groups excluding carboxylic acids is 3. The van der Waals surface area contributed by atoms with E-state index in [1.807, 2.05) is 54.3 Å². The molecule has 0 unspecified atom stereocenters.